The Morgan fingerprint density at radius 2 is 2.20 bits per heavy atom. The summed E-state index contributed by atoms with van der Waals surface area (Å²) in [6.45, 7) is 6.27. The molecular formula is C16H19BrN2S. The molecule has 0 aliphatic heterocycles. The van der Waals surface area contributed by atoms with Gasteiger partial charge in [0.1, 0.15) is 5.01 Å². The molecule has 1 aliphatic rings. The number of hydrogen-bond acceptors (Lipinski definition) is 3. The van der Waals surface area contributed by atoms with Gasteiger partial charge in [-0.2, -0.15) is 0 Å². The Balaban J connectivity index is 1.96. The number of hydrogen-bond donors (Lipinski definition) is 1. The Bertz CT molecular complexity index is 617. The maximum absolute atomic E-state index is 4.95. The smallest absolute Gasteiger partial charge is 0.124 e. The van der Waals surface area contributed by atoms with Crippen molar-refractivity contribution in [2.45, 2.75) is 39.2 Å². The average Bonchev–Trinajstić information content (AvgIpc) is 3.18. The van der Waals surface area contributed by atoms with Crippen LogP contribution in [0.3, 0.4) is 0 Å². The third-order valence-corrected chi connectivity index (χ3v) is 5.24. The van der Waals surface area contributed by atoms with Gasteiger partial charge in [0.2, 0.25) is 0 Å². The summed E-state index contributed by atoms with van der Waals surface area (Å²) in [5.41, 5.74) is 3.89. The van der Waals surface area contributed by atoms with Gasteiger partial charge in [-0.3, -0.25) is 0 Å². The van der Waals surface area contributed by atoms with Crippen LogP contribution in [-0.4, -0.2) is 11.5 Å². The molecule has 0 radical (unpaired) electrons. The second kappa shape index (κ2) is 5.96. The highest BCUT2D eigenvalue weighted by atomic mass is 79.9. The van der Waals surface area contributed by atoms with Crippen molar-refractivity contribution in [2.75, 3.05) is 6.54 Å². The zero-order valence-corrected chi connectivity index (χ0v) is 14.3. The summed E-state index contributed by atoms with van der Waals surface area (Å²) in [7, 11) is 0. The molecule has 106 valence electrons. The third kappa shape index (κ3) is 2.97. The Morgan fingerprint density at radius 1 is 1.40 bits per heavy atom. The molecule has 0 amide bonds. The average molecular weight is 351 g/mol. The molecule has 1 heterocycles. The standard InChI is InChI=1S/C16H19BrN2S/c1-3-18-9-14-15(11-4-5-11)19-16(20-14)13-7-6-12(17)8-10(13)2/h6-8,11,18H,3-5,9H2,1-2H3. The number of benzene rings is 1. The fourth-order valence-electron chi connectivity index (χ4n) is 2.39. The molecule has 3 rings (SSSR count). The number of rotatable bonds is 5. The zero-order valence-electron chi connectivity index (χ0n) is 11.9. The maximum Gasteiger partial charge on any atom is 0.124 e. The molecular weight excluding hydrogens is 332 g/mol. The fraction of sp³-hybridized carbons (Fsp3) is 0.438. The first-order valence-electron chi connectivity index (χ1n) is 7.16. The van der Waals surface area contributed by atoms with E-state index in [0.29, 0.717) is 5.92 Å². The van der Waals surface area contributed by atoms with Gasteiger partial charge in [0.15, 0.2) is 0 Å². The van der Waals surface area contributed by atoms with Crippen LogP contribution in [0, 0.1) is 6.92 Å². The van der Waals surface area contributed by atoms with E-state index >= 15 is 0 Å². The van der Waals surface area contributed by atoms with E-state index in [0.717, 1.165) is 17.6 Å². The molecule has 1 aliphatic carbocycles. The second-order valence-corrected chi connectivity index (χ2v) is 7.34. The molecule has 4 heteroatoms. The molecule has 0 atom stereocenters. The Hall–Kier alpha value is -0.710. The lowest BCUT2D eigenvalue weighted by Gasteiger charge is -2.02. The number of nitrogens with one attached hydrogen (secondary N) is 1. The summed E-state index contributed by atoms with van der Waals surface area (Å²) in [4.78, 5) is 6.37. The van der Waals surface area contributed by atoms with Crippen LogP contribution in [0.1, 0.15) is 41.8 Å². The van der Waals surface area contributed by atoms with Crippen molar-refractivity contribution in [3.05, 3.63) is 38.8 Å². The first-order chi connectivity index (χ1) is 9.69. The van der Waals surface area contributed by atoms with E-state index in [4.69, 9.17) is 4.98 Å². The summed E-state index contributed by atoms with van der Waals surface area (Å²) in [6, 6.07) is 6.44. The minimum atomic E-state index is 0.712. The largest absolute Gasteiger partial charge is 0.312 e. The van der Waals surface area contributed by atoms with Crippen LogP contribution in [0.15, 0.2) is 22.7 Å². The van der Waals surface area contributed by atoms with Crippen LogP contribution in [0.5, 0.6) is 0 Å². The molecule has 0 saturated heterocycles. The number of thiazole rings is 1. The number of aryl methyl sites for hydroxylation is 1. The lowest BCUT2D eigenvalue weighted by Crippen LogP contribution is -2.11. The highest BCUT2D eigenvalue weighted by Gasteiger charge is 2.29. The van der Waals surface area contributed by atoms with Crippen molar-refractivity contribution in [1.82, 2.24) is 10.3 Å². The number of nitrogens with zero attached hydrogens (tertiary/aromatic N) is 1. The Labute approximate surface area is 132 Å². The van der Waals surface area contributed by atoms with Crippen LogP contribution in [0.4, 0.5) is 0 Å². The van der Waals surface area contributed by atoms with Gasteiger partial charge < -0.3 is 5.32 Å². The first-order valence-corrected chi connectivity index (χ1v) is 8.76. The second-order valence-electron chi connectivity index (χ2n) is 5.34. The van der Waals surface area contributed by atoms with E-state index in [1.165, 1.54) is 39.5 Å². The lowest BCUT2D eigenvalue weighted by atomic mass is 10.1. The van der Waals surface area contributed by atoms with Gasteiger partial charge in [-0.1, -0.05) is 28.9 Å². The predicted molar refractivity (Wildman–Crippen MR) is 89.3 cm³/mol. The van der Waals surface area contributed by atoms with Gasteiger partial charge in [-0.25, -0.2) is 4.98 Å². The molecule has 1 aromatic heterocycles. The fourth-order valence-corrected chi connectivity index (χ4v) is 4.07. The predicted octanol–water partition coefficient (Wildman–Crippen LogP) is 4.87. The summed E-state index contributed by atoms with van der Waals surface area (Å²) >= 11 is 5.38. The van der Waals surface area contributed by atoms with Crippen LogP contribution in [0.25, 0.3) is 10.6 Å². The van der Waals surface area contributed by atoms with E-state index in [-0.39, 0.29) is 0 Å². The molecule has 0 bridgehead atoms. The monoisotopic (exact) mass is 350 g/mol. The van der Waals surface area contributed by atoms with Crippen molar-refractivity contribution in [2.24, 2.45) is 0 Å². The summed E-state index contributed by atoms with van der Waals surface area (Å²) in [6.07, 6.45) is 2.61. The quantitative estimate of drug-likeness (QED) is 0.831. The highest BCUT2D eigenvalue weighted by Crippen LogP contribution is 2.44. The molecule has 1 aromatic carbocycles. The van der Waals surface area contributed by atoms with E-state index in [9.17, 15) is 0 Å². The number of halogens is 1. The van der Waals surface area contributed by atoms with Crippen molar-refractivity contribution in [1.29, 1.82) is 0 Å². The molecule has 2 aromatic rings. The van der Waals surface area contributed by atoms with Crippen molar-refractivity contribution in [3.8, 4) is 10.6 Å². The van der Waals surface area contributed by atoms with Crippen LogP contribution >= 0.6 is 27.3 Å². The molecule has 1 fully saturated rings. The summed E-state index contributed by atoms with van der Waals surface area (Å²) in [5, 5.41) is 4.61. The summed E-state index contributed by atoms with van der Waals surface area (Å²) in [5.74, 6) is 0.712. The maximum atomic E-state index is 4.95. The number of aromatic nitrogens is 1. The molecule has 1 N–H and O–H groups in total. The van der Waals surface area contributed by atoms with Crippen LogP contribution in [0.2, 0.25) is 0 Å². The van der Waals surface area contributed by atoms with Crippen molar-refractivity contribution in [3.63, 3.8) is 0 Å². The van der Waals surface area contributed by atoms with Gasteiger partial charge in [-0.15, -0.1) is 11.3 Å². The highest BCUT2D eigenvalue weighted by molar-refractivity contribution is 9.10. The first kappa shape index (κ1) is 14.2. The Kier molecular flexibility index (Phi) is 4.24. The van der Waals surface area contributed by atoms with E-state index in [2.05, 4.69) is 53.3 Å². The lowest BCUT2D eigenvalue weighted by molar-refractivity contribution is 0.727. The van der Waals surface area contributed by atoms with Gasteiger partial charge >= 0.3 is 0 Å². The van der Waals surface area contributed by atoms with Crippen LogP contribution < -0.4 is 5.32 Å². The van der Waals surface area contributed by atoms with E-state index in [1.807, 2.05) is 11.3 Å². The molecule has 0 spiro atoms. The topological polar surface area (TPSA) is 24.9 Å². The third-order valence-electron chi connectivity index (χ3n) is 3.65. The Morgan fingerprint density at radius 3 is 2.85 bits per heavy atom. The normalized spacial score (nSPS) is 14.8. The van der Waals surface area contributed by atoms with E-state index < -0.39 is 0 Å². The van der Waals surface area contributed by atoms with Gasteiger partial charge in [-0.05, 0) is 44.0 Å². The van der Waals surface area contributed by atoms with Gasteiger partial charge in [0.25, 0.3) is 0 Å². The minimum Gasteiger partial charge on any atom is -0.312 e. The van der Waals surface area contributed by atoms with Crippen molar-refractivity contribution < 1.29 is 0 Å². The van der Waals surface area contributed by atoms with Crippen LogP contribution in [-0.2, 0) is 6.54 Å². The minimum absolute atomic E-state index is 0.712. The van der Waals surface area contributed by atoms with Gasteiger partial charge in [0, 0.05) is 27.4 Å². The molecule has 20 heavy (non-hydrogen) atoms. The zero-order chi connectivity index (χ0) is 14.1. The van der Waals surface area contributed by atoms with Gasteiger partial charge in [0.05, 0.1) is 5.69 Å². The van der Waals surface area contributed by atoms with Crippen molar-refractivity contribution >= 4 is 27.3 Å². The summed E-state index contributed by atoms with van der Waals surface area (Å²) < 4.78 is 1.13. The molecule has 1 saturated carbocycles. The SMILES string of the molecule is CCNCc1sc(-c2ccc(Br)cc2C)nc1C1CC1. The molecule has 2 nitrogen and oxygen atoms in total. The molecule has 0 unspecified atom stereocenters. The van der Waals surface area contributed by atoms with E-state index in [1.54, 1.807) is 0 Å².